The topological polar surface area (TPSA) is 39.2 Å². The molecule has 2 atom stereocenters. The standard InChI is InChI=1S/C14H16BrNO2/c1-10-4-2-3-5-11(10)9-18-14(17)12-6-13(15)8-16-7-12/h2-3,6-8,10-11H,4-5,9H2,1H3. The number of rotatable bonds is 3. The van der Waals surface area contributed by atoms with Gasteiger partial charge in [-0.25, -0.2) is 4.79 Å². The van der Waals surface area contributed by atoms with Gasteiger partial charge in [0, 0.05) is 16.9 Å². The number of pyridine rings is 1. The average Bonchev–Trinajstić information content (AvgIpc) is 2.37. The maximum absolute atomic E-state index is 11.8. The van der Waals surface area contributed by atoms with Crippen LogP contribution < -0.4 is 0 Å². The third kappa shape index (κ3) is 3.42. The van der Waals surface area contributed by atoms with Gasteiger partial charge in [0.25, 0.3) is 0 Å². The highest BCUT2D eigenvalue weighted by Gasteiger charge is 2.20. The van der Waals surface area contributed by atoms with E-state index in [4.69, 9.17) is 4.74 Å². The number of allylic oxidation sites excluding steroid dienone is 2. The van der Waals surface area contributed by atoms with Gasteiger partial charge in [-0.1, -0.05) is 19.1 Å². The fourth-order valence-electron chi connectivity index (χ4n) is 2.03. The van der Waals surface area contributed by atoms with E-state index in [1.54, 1.807) is 12.3 Å². The summed E-state index contributed by atoms with van der Waals surface area (Å²) in [5, 5.41) is 0. The Kier molecular flexibility index (Phi) is 4.53. The molecule has 18 heavy (non-hydrogen) atoms. The van der Waals surface area contributed by atoms with Crippen molar-refractivity contribution in [1.82, 2.24) is 4.98 Å². The summed E-state index contributed by atoms with van der Waals surface area (Å²) in [4.78, 5) is 15.8. The molecule has 0 radical (unpaired) electrons. The van der Waals surface area contributed by atoms with Gasteiger partial charge in [-0.2, -0.15) is 0 Å². The van der Waals surface area contributed by atoms with E-state index in [2.05, 4.69) is 40.0 Å². The van der Waals surface area contributed by atoms with E-state index >= 15 is 0 Å². The van der Waals surface area contributed by atoms with Crippen LogP contribution in [0, 0.1) is 11.8 Å². The molecule has 0 spiro atoms. The molecule has 0 bridgehead atoms. The molecule has 0 saturated heterocycles. The summed E-state index contributed by atoms with van der Waals surface area (Å²) in [6.07, 6.45) is 9.59. The van der Waals surface area contributed by atoms with Crippen molar-refractivity contribution in [2.45, 2.75) is 19.8 Å². The molecule has 0 amide bonds. The number of carbonyl (C=O) groups excluding carboxylic acids is 1. The van der Waals surface area contributed by atoms with E-state index in [0.717, 1.165) is 17.3 Å². The average molecular weight is 310 g/mol. The van der Waals surface area contributed by atoms with Crippen molar-refractivity contribution in [3.8, 4) is 0 Å². The Labute approximate surface area is 115 Å². The van der Waals surface area contributed by atoms with Crippen LogP contribution in [-0.2, 0) is 4.74 Å². The van der Waals surface area contributed by atoms with E-state index < -0.39 is 0 Å². The number of hydrogen-bond acceptors (Lipinski definition) is 3. The van der Waals surface area contributed by atoms with Crippen LogP contribution in [0.2, 0.25) is 0 Å². The lowest BCUT2D eigenvalue weighted by Gasteiger charge is -2.24. The van der Waals surface area contributed by atoms with Crippen molar-refractivity contribution in [2.24, 2.45) is 11.8 Å². The summed E-state index contributed by atoms with van der Waals surface area (Å²) in [5.74, 6) is 0.702. The zero-order valence-corrected chi connectivity index (χ0v) is 11.9. The fraction of sp³-hybridized carbons (Fsp3) is 0.429. The zero-order chi connectivity index (χ0) is 13.0. The van der Waals surface area contributed by atoms with Crippen molar-refractivity contribution < 1.29 is 9.53 Å². The van der Waals surface area contributed by atoms with E-state index in [-0.39, 0.29) is 5.97 Å². The van der Waals surface area contributed by atoms with E-state index in [0.29, 0.717) is 24.0 Å². The maximum Gasteiger partial charge on any atom is 0.339 e. The van der Waals surface area contributed by atoms with Gasteiger partial charge in [0.1, 0.15) is 0 Å². The van der Waals surface area contributed by atoms with Crippen LogP contribution in [0.25, 0.3) is 0 Å². The number of hydrogen-bond donors (Lipinski definition) is 0. The first-order chi connectivity index (χ1) is 8.66. The lowest BCUT2D eigenvalue weighted by Crippen LogP contribution is -2.21. The highest BCUT2D eigenvalue weighted by Crippen LogP contribution is 2.25. The number of aromatic nitrogens is 1. The summed E-state index contributed by atoms with van der Waals surface area (Å²) in [6.45, 7) is 2.68. The molecular formula is C14H16BrNO2. The van der Waals surface area contributed by atoms with E-state index in [1.807, 2.05) is 0 Å². The van der Waals surface area contributed by atoms with Gasteiger partial charge in [-0.05, 0) is 46.7 Å². The Balaban J connectivity index is 1.90. The SMILES string of the molecule is CC1CC=CCC1COC(=O)c1cncc(Br)c1. The summed E-state index contributed by atoms with van der Waals surface area (Å²) < 4.78 is 6.14. The van der Waals surface area contributed by atoms with Crippen LogP contribution in [0.4, 0.5) is 0 Å². The normalized spacial score (nSPS) is 22.8. The molecule has 1 heterocycles. The van der Waals surface area contributed by atoms with Crippen LogP contribution in [0.1, 0.15) is 30.1 Å². The third-order valence-electron chi connectivity index (χ3n) is 3.29. The smallest absolute Gasteiger partial charge is 0.339 e. The number of nitrogens with zero attached hydrogens (tertiary/aromatic N) is 1. The minimum Gasteiger partial charge on any atom is -0.462 e. The van der Waals surface area contributed by atoms with E-state index in [1.165, 1.54) is 6.20 Å². The van der Waals surface area contributed by atoms with E-state index in [9.17, 15) is 4.79 Å². The second-order valence-corrected chi connectivity index (χ2v) is 5.59. The molecule has 2 unspecified atom stereocenters. The number of esters is 1. The van der Waals surface area contributed by atoms with Crippen LogP contribution in [0.3, 0.4) is 0 Å². The van der Waals surface area contributed by atoms with Gasteiger partial charge < -0.3 is 4.74 Å². The largest absolute Gasteiger partial charge is 0.462 e. The molecular weight excluding hydrogens is 294 g/mol. The summed E-state index contributed by atoms with van der Waals surface area (Å²) >= 11 is 3.29. The molecule has 1 aliphatic carbocycles. The van der Waals surface area contributed by atoms with Gasteiger partial charge in [-0.15, -0.1) is 0 Å². The second-order valence-electron chi connectivity index (χ2n) is 4.67. The molecule has 3 nitrogen and oxygen atoms in total. The number of ether oxygens (including phenoxy) is 1. The highest BCUT2D eigenvalue weighted by molar-refractivity contribution is 9.10. The molecule has 1 aliphatic rings. The third-order valence-corrected chi connectivity index (χ3v) is 3.72. The molecule has 4 heteroatoms. The number of halogens is 1. The first-order valence-electron chi connectivity index (χ1n) is 6.09. The van der Waals surface area contributed by atoms with Gasteiger partial charge in [0.2, 0.25) is 0 Å². The highest BCUT2D eigenvalue weighted by atomic mass is 79.9. The Hall–Kier alpha value is -1.16. The fourth-order valence-corrected chi connectivity index (χ4v) is 2.39. The minimum absolute atomic E-state index is 0.300. The van der Waals surface area contributed by atoms with Gasteiger partial charge >= 0.3 is 5.97 Å². The van der Waals surface area contributed by atoms with Crippen molar-refractivity contribution in [3.05, 3.63) is 40.6 Å². The van der Waals surface area contributed by atoms with Crippen molar-refractivity contribution in [1.29, 1.82) is 0 Å². The van der Waals surface area contributed by atoms with Crippen molar-refractivity contribution in [2.75, 3.05) is 6.61 Å². The van der Waals surface area contributed by atoms with Crippen LogP contribution in [0.15, 0.2) is 35.1 Å². The molecule has 0 aliphatic heterocycles. The molecule has 1 aromatic heterocycles. The lowest BCUT2D eigenvalue weighted by molar-refractivity contribution is 0.0395. The second kappa shape index (κ2) is 6.14. The maximum atomic E-state index is 11.8. The lowest BCUT2D eigenvalue weighted by atomic mass is 9.85. The van der Waals surface area contributed by atoms with Crippen LogP contribution >= 0.6 is 15.9 Å². The monoisotopic (exact) mass is 309 g/mol. The molecule has 0 aromatic carbocycles. The van der Waals surface area contributed by atoms with Crippen LogP contribution in [-0.4, -0.2) is 17.6 Å². The molecule has 0 N–H and O–H groups in total. The predicted molar refractivity (Wildman–Crippen MR) is 73.2 cm³/mol. The zero-order valence-electron chi connectivity index (χ0n) is 10.3. The summed E-state index contributed by atoms with van der Waals surface area (Å²) in [6, 6.07) is 1.72. The van der Waals surface area contributed by atoms with Gasteiger partial charge in [0.15, 0.2) is 0 Å². The summed E-state index contributed by atoms with van der Waals surface area (Å²) in [7, 11) is 0. The van der Waals surface area contributed by atoms with Gasteiger partial charge in [-0.3, -0.25) is 4.98 Å². The van der Waals surface area contributed by atoms with Crippen molar-refractivity contribution >= 4 is 21.9 Å². The Bertz CT molecular complexity index is 459. The van der Waals surface area contributed by atoms with Crippen molar-refractivity contribution in [3.63, 3.8) is 0 Å². The van der Waals surface area contributed by atoms with Crippen LogP contribution in [0.5, 0.6) is 0 Å². The van der Waals surface area contributed by atoms with Gasteiger partial charge in [0.05, 0.1) is 12.2 Å². The molecule has 1 aromatic rings. The summed E-state index contributed by atoms with van der Waals surface area (Å²) in [5.41, 5.74) is 0.489. The first-order valence-corrected chi connectivity index (χ1v) is 6.89. The Morgan fingerprint density at radius 3 is 2.94 bits per heavy atom. The Morgan fingerprint density at radius 2 is 2.22 bits per heavy atom. The minimum atomic E-state index is -0.300. The molecule has 0 saturated carbocycles. The molecule has 96 valence electrons. The predicted octanol–water partition coefficient (Wildman–Crippen LogP) is 3.60. The number of carbonyl (C=O) groups is 1. The first kappa shape index (κ1) is 13.3. The quantitative estimate of drug-likeness (QED) is 0.632. The Morgan fingerprint density at radius 1 is 1.44 bits per heavy atom. The molecule has 0 fully saturated rings. The molecule has 2 rings (SSSR count).